The number of allylic oxidation sites excluding steroid dienone is 4. The van der Waals surface area contributed by atoms with E-state index in [9.17, 15) is 9.59 Å². The van der Waals surface area contributed by atoms with Crippen LogP contribution in [0.2, 0.25) is 0 Å². The second kappa shape index (κ2) is 24.3. The van der Waals surface area contributed by atoms with Gasteiger partial charge in [0.1, 0.15) is 20.7 Å². The van der Waals surface area contributed by atoms with Crippen molar-refractivity contribution in [2.45, 2.75) is 141 Å². The highest BCUT2D eigenvalue weighted by atomic mass is 127. The first-order chi connectivity index (χ1) is 31.6. The van der Waals surface area contributed by atoms with Gasteiger partial charge in [-0.3, -0.25) is 14.1 Å². The van der Waals surface area contributed by atoms with Gasteiger partial charge in [-0.25, -0.2) is 14.8 Å². The summed E-state index contributed by atoms with van der Waals surface area (Å²) in [6.45, 7) is 9.16. The molecule has 354 valence electrons. The second-order valence-electron chi connectivity index (χ2n) is 18.3. The number of fused-ring (bicyclic) bond motifs is 2. The maximum absolute atomic E-state index is 11.6. The zero-order valence-electron chi connectivity index (χ0n) is 39.2. The Morgan fingerprint density at radius 2 is 1.52 bits per heavy atom. The van der Waals surface area contributed by atoms with E-state index >= 15 is 0 Å². The van der Waals surface area contributed by atoms with Crippen LogP contribution in [0.5, 0.6) is 5.75 Å². The molecule has 16 heteroatoms. The van der Waals surface area contributed by atoms with E-state index in [1.165, 1.54) is 79.3 Å². The average Bonchev–Trinajstić information content (AvgIpc) is 4.01. The van der Waals surface area contributed by atoms with Gasteiger partial charge in [0.25, 0.3) is 0 Å². The highest BCUT2D eigenvalue weighted by molar-refractivity contribution is 14.1. The number of rotatable bonds is 5. The summed E-state index contributed by atoms with van der Waals surface area (Å²) in [5, 5.41) is 2.65. The van der Waals surface area contributed by atoms with Crippen molar-refractivity contribution >= 4 is 74.4 Å². The lowest BCUT2D eigenvalue weighted by atomic mass is 9.73. The van der Waals surface area contributed by atoms with Crippen LogP contribution in [0, 0.1) is 3.70 Å². The first-order valence-electron chi connectivity index (χ1n) is 23.3. The van der Waals surface area contributed by atoms with Crippen LogP contribution in [0.4, 0.5) is 4.79 Å². The van der Waals surface area contributed by atoms with E-state index in [-0.39, 0.29) is 42.3 Å². The fraction of sp³-hybridized carbons (Fsp3) is 0.480. The van der Waals surface area contributed by atoms with Gasteiger partial charge in [0.15, 0.2) is 0 Å². The molecule has 5 aliphatic rings. The second-order valence-corrected chi connectivity index (χ2v) is 20.3. The predicted octanol–water partition coefficient (Wildman–Crippen LogP) is 10.5. The maximum Gasteiger partial charge on any atom is 0.490 e. The molecule has 66 heavy (non-hydrogen) atoms. The predicted molar refractivity (Wildman–Crippen MR) is 276 cm³/mol. The molecule has 10 rings (SSSR count). The number of benzene rings is 1. The van der Waals surface area contributed by atoms with Crippen LogP contribution in [-0.4, -0.2) is 79.7 Å². The number of nitrogens with one attached hydrogen (secondary N) is 1. The molecular weight excluding hydrogens is 1010 g/mol. The molecule has 6 heterocycles. The van der Waals surface area contributed by atoms with Crippen LogP contribution in [0.15, 0.2) is 102 Å². The van der Waals surface area contributed by atoms with Crippen LogP contribution in [0.25, 0.3) is 16.9 Å². The molecule has 1 aromatic carbocycles. The summed E-state index contributed by atoms with van der Waals surface area (Å²) in [5.74, 6) is 0.618. The number of hydrogen-bond donors (Lipinski definition) is 3. The first kappa shape index (κ1) is 51.3. The number of halogens is 2. The molecule has 4 aromatic heterocycles. The number of ether oxygens (including phenoxy) is 1. The van der Waals surface area contributed by atoms with E-state index < -0.39 is 0 Å². The molecule has 2 atom stereocenters. The number of carbonyl (C=O) groups excluding carboxylic acids is 2. The fourth-order valence-electron chi connectivity index (χ4n) is 8.09. The molecule has 1 saturated carbocycles. The highest BCUT2D eigenvalue weighted by Crippen LogP contribution is 2.40. The summed E-state index contributed by atoms with van der Waals surface area (Å²) >= 11 is 5.67. The first-order valence-corrected chi connectivity index (χ1v) is 25.2. The van der Waals surface area contributed by atoms with Crippen LogP contribution >= 0.6 is 38.5 Å². The summed E-state index contributed by atoms with van der Waals surface area (Å²) < 4.78 is 23.4. The number of methoxy groups -OCH3 is 1. The van der Waals surface area contributed by atoms with Gasteiger partial charge < -0.3 is 35.2 Å². The Hall–Kier alpha value is -4.07. The monoisotopic (exact) mass is 1080 g/mol. The number of nitrogens with two attached hydrogens (primary N) is 2. The van der Waals surface area contributed by atoms with Crippen molar-refractivity contribution in [2.24, 2.45) is 11.5 Å². The molecule has 13 nitrogen and oxygen atoms in total. The van der Waals surface area contributed by atoms with Crippen LogP contribution in [0.3, 0.4) is 0 Å². The van der Waals surface area contributed by atoms with Gasteiger partial charge in [-0.15, -0.1) is 0 Å². The molecule has 3 fully saturated rings. The number of urea groups is 1. The van der Waals surface area contributed by atoms with Crippen molar-refractivity contribution in [3.05, 3.63) is 116 Å². The van der Waals surface area contributed by atoms with Crippen molar-refractivity contribution in [1.82, 2.24) is 29.0 Å². The summed E-state index contributed by atoms with van der Waals surface area (Å²) in [7, 11) is 1.49. The van der Waals surface area contributed by atoms with Crippen LogP contribution in [0.1, 0.15) is 122 Å². The van der Waals surface area contributed by atoms with Crippen LogP contribution < -0.4 is 21.5 Å². The molecule has 0 spiro atoms. The highest BCUT2D eigenvalue weighted by Gasteiger charge is 2.52. The lowest BCUT2D eigenvalue weighted by molar-refractivity contribution is -0.129. The van der Waals surface area contributed by atoms with Gasteiger partial charge in [0.05, 0.1) is 31.1 Å². The molecule has 0 unspecified atom stereocenters. The Morgan fingerprint density at radius 1 is 0.833 bits per heavy atom. The smallest absolute Gasteiger partial charge is 0.490 e. The van der Waals surface area contributed by atoms with E-state index in [1.54, 1.807) is 13.3 Å². The molecular formula is C50H67BBrIN8O5. The molecule has 3 aliphatic carbocycles. The Bertz CT molecular complexity index is 2390. The van der Waals surface area contributed by atoms with Gasteiger partial charge in [-0.05, 0) is 173 Å². The normalized spacial score (nSPS) is 21.0. The van der Waals surface area contributed by atoms with E-state index in [2.05, 4.69) is 116 Å². The third-order valence-electron chi connectivity index (χ3n) is 12.9. The van der Waals surface area contributed by atoms with Crippen molar-refractivity contribution < 1.29 is 23.6 Å². The summed E-state index contributed by atoms with van der Waals surface area (Å²) in [5.41, 5.74) is 18.0. The molecule has 5 aromatic rings. The number of amides is 3. The molecule has 0 bridgehead atoms. The Labute approximate surface area is 412 Å². The molecule has 0 radical (unpaired) electrons. The van der Waals surface area contributed by atoms with E-state index in [4.69, 9.17) is 25.5 Å². The van der Waals surface area contributed by atoms with Gasteiger partial charge in [-0.1, -0.05) is 53.1 Å². The van der Waals surface area contributed by atoms with Gasteiger partial charge in [0, 0.05) is 54.3 Å². The standard InChI is InChI=1S/C13H13IN2.C12H21BO2.C12H14N2O3.C7H5BrN2.C6H14N2/c14-12-9-15-13-8-11(6-7-16(12)13)10-4-2-1-3-5-10;1-11(2)12(3,4)15-13(14-11)10-8-6-5-7-9-10;1-17-10-4-2-9(3-5-10)8-14-11(15)6-7-13-12(14)16;8-6-1-3-10-4-2-9-7(10)5-6;7-5-3-1-2-4-6(5)8/h4,6-9H,1-3,5H2;8H,5-7,9H2,1-4H3;2-5H,6-8H2,1H3,(H,13,16);1-5H;5-6H,1-4,7-8H2/t;;;;5-,6-/m....1/s1. The topological polar surface area (TPSA) is 164 Å². The zero-order chi connectivity index (χ0) is 47.3. The SMILES string of the molecule is Brc1ccn2ccnc2c1.CC1(C)OB(C2=CCCCC2)OC1(C)C.COc1ccc(CN2C(=O)CCNC2=O)cc1.Ic1cnc2cc(C3=CCCCC3)ccn12.N[C@@H]1CCCC[C@H]1N. The number of hydrogen-bond acceptors (Lipinski definition) is 9. The summed E-state index contributed by atoms with van der Waals surface area (Å²) in [6.07, 6.45) is 29.5. The summed E-state index contributed by atoms with van der Waals surface area (Å²) in [6, 6.07) is 15.9. The number of imide groups is 1. The lowest BCUT2D eigenvalue weighted by Gasteiger charge is -2.32. The van der Waals surface area contributed by atoms with Gasteiger partial charge in [-0.2, -0.15) is 0 Å². The minimum Gasteiger partial charge on any atom is -0.497 e. The number of carbonyl (C=O) groups is 2. The number of aromatic nitrogens is 4. The number of nitrogens with zero attached hydrogens (tertiary/aromatic N) is 5. The van der Waals surface area contributed by atoms with E-state index in [1.807, 2.05) is 59.4 Å². The average molecular weight is 1080 g/mol. The fourth-order valence-corrected chi connectivity index (χ4v) is 8.96. The Morgan fingerprint density at radius 3 is 2.12 bits per heavy atom. The third-order valence-corrected chi connectivity index (χ3v) is 14.2. The van der Waals surface area contributed by atoms with Gasteiger partial charge >= 0.3 is 13.1 Å². The minimum absolute atomic E-state index is 0.102. The molecule has 2 saturated heterocycles. The quantitative estimate of drug-likeness (QED) is 0.115. The maximum atomic E-state index is 11.6. The lowest BCUT2D eigenvalue weighted by Crippen LogP contribution is -2.49. The van der Waals surface area contributed by atoms with E-state index in [0.717, 1.165) is 50.0 Å². The molecule has 5 N–H and O–H groups in total. The van der Waals surface area contributed by atoms with Crippen molar-refractivity contribution in [3.8, 4) is 5.75 Å². The molecule has 3 amide bonds. The van der Waals surface area contributed by atoms with Crippen molar-refractivity contribution in [3.63, 3.8) is 0 Å². The third kappa shape index (κ3) is 14.2. The summed E-state index contributed by atoms with van der Waals surface area (Å²) in [4.78, 5) is 32.8. The number of pyridine rings is 2. The minimum atomic E-state index is -0.322. The molecule has 2 aliphatic heterocycles. The zero-order valence-corrected chi connectivity index (χ0v) is 42.9. The van der Waals surface area contributed by atoms with Crippen molar-refractivity contribution in [2.75, 3.05) is 13.7 Å². The van der Waals surface area contributed by atoms with Gasteiger partial charge in [0.2, 0.25) is 5.91 Å². The van der Waals surface area contributed by atoms with E-state index in [0.29, 0.717) is 19.5 Å². The van der Waals surface area contributed by atoms with Crippen molar-refractivity contribution in [1.29, 1.82) is 0 Å². The largest absolute Gasteiger partial charge is 0.497 e. The Kier molecular flexibility index (Phi) is 18.9. The Balaban J connectivity index is 0.000000140. The van der Waals surface area contributed by atoms with Crippen LogP contribution in [-0.2, 0) is 20.6 Å². The number of imidazole rings is 2.